The molecule has 0 fully saturated rings. The van der Waals surface area contributed by atoms with Gasteiger partial charge in [-0.3, -0.25) is 29.3 Å². The van der Waals surface area contributed by atoms with Gasteiger partial charge in [0.2, 0.25) is 17.7 Å². The first-order valence-corrected chi connectivity index (χ1v) is 20.5. The van der Waals surface area contributed by atoms with Crippen LogP contribution in [0.15, 0.2) is 48.5 Å². The Morgan fingerprint density at radius 2 is 1.34 bits per heavy atom. The maximum absolute atomic E-state index is 13.5. The van der Waals surface area contributed by atoms with E-state index in [1.165, 1.54) is 24.3 Å². The highest BCUT2D eigenvalue weighted by molar-refractivity contribution is 5.98. The predicted octanol–water partition coefficient (Wildman–Crippen LogP) is 3.24. The maximum atomic E-state index is 13.5. The van der Waals surface area contributed by atoms with Crippen LogP contribution in [0.4, 0.5) is 25.8 Å². The molecule has 64 heavy (non-hydrogen) atoms. The average Bonchev–Trinajstić information content (AvgIpc) is 3.22. The summed E-state index contributed by atoms with van der Waals surface area (Å²) >= 11 is 0. The van der Waals surface area contributed by atoms with Gasteiger partial charge < -0.3 is 60.2 Å². The van der Waals surface area contributed by atoms with Crippen LogP contribution < -0.4 is 37.2 Å². The van der Waals surface area contributed by atoms with Crippen molar-refractivity contribution < 1.29 is 71.7 Å². The van der Waals surface area contributed by atoms with E-state index in [9.17, 15) is 38.9 Å². The number of anilines is 1. The molecule has 0 aliphatic carbocycles. The zero-order valence-electron chi connectivity index (χ0n) is 36.8. The van der Waals surface area contributed by atoms with Crippen molar-refractivity contribution in [1.82, 2.24) is 21.4 Å². The van der Waals surface area contributed by atoms with Gasteiger partial charge in [-0.1, -0.05) is 26.0 Å². The normalized spacial score (nSPS) is 12.0. The Hall–Kier alpha value is -6.14. The fourth-order valence-corrected chi connectivity index (χ4v) is 5.08. The van der Waals surface area contributed by atoms with Crippen LogP contribution in [0.1, 0.15) is 59.4 Å². The number of benzene rings is 2. The van der Waals surface area contributed by atoms with E-state index in [1.54, 1.807) is 58.9 Å². The molecule has 0 saturated carbocycles. The molecular weight excluding hydrogens is 846 g/mol. The number of carbonyl (C=O) groups is 6. The summed E-state index contributed by atoms with van der Waals surface area (Å²) in [5.74, 6) is -1.89. The highest BCUT2D eigenvalue weighted by Crippen LogP contribution is 2.18. The quantitative estimate of drug-likeness (QED) is 0.0216. The van der Waals surface area contributed by atoms with E-state index in [0.717, 1.165) is 0 Å². The third-order valence-electron chi connectivity index (χ3n) is 8.17. The first kappa shape index (κ1) is 54.0. The number of amides is 6. The number of nitrogens with two attached hydrogens (primary N) is 1. The van der Waals surface area contributed by atoms with Gasteiger partial charge in [-0.25, -0.2) is 14.4 Å². The predicted molar refractivity (Wildman–Crippen MR) is 228 cm³/mol. The van der Waals surface area contributed by atoms with Gasteiger partial charge in [0.25, 0.3) is 5.69 Å². The minimum atomic E-state index is -1.07. The number of nitro benzene ring substituents is 1. The second-order valence-electron chi connectivity index (χ2n) is 15.0. The Kier molecular flexibility index (Phi) is 25.3. The molecule has 0 heterocycles. The minimum absolute atomic E-state index is 0.0353. The van der Waals surface area contributed by atoms with Crippen molar-refractivity contribution in [2.45, 2.75) is 78.2 Å². The molecule has 7 N–H and O–H groups in total. The van der Waals surface area contributed by atoms with Crippen LogP contribution >= 0.6 is 0 Å². The van der Waals surface area contributed by atoms with E-state index in [2.05, 4.69) is 26.7 Å². The lowest BCUT2D eigenvalue weighted by molar-refractivity contribution is -0.384. The molecule has 2 aromatic carbocycles. The van der Waals surface area contributed by atoms with E-state index >= 15 is 0 Å². The highest BCUT2D eigenvalue weighted by Gasteiger charge is 2.29. The molecule has 0 saturated heterocycles. The molecule has 23 nitrogen and oxygen atoms in total. The SMILES string of the molecule is CC(C)[C@H](NC(=O)CCOCCOCCOCCOCCONC(=O)OC(C)(C)C)C(=O)N[C@@H](CCCNC(N)=O)C(=O)Nc1ccc(COC(=O)Oc2ccc([N+](=O)[O-])cc2)cc1. The molecule has 0 radical (unpaired) electrons. The number of hydrogen-bond donors (Lipinski definition) is 6. The largest absolute Gasteiger partial charge is 0.514 e. The number of nitro groups is 1. The van der Waals surface area contributed by atoms with Gasteiger partial charge in [0.15, 0.2) is 0 Å². The van der Waals surface area contributed by atoms with Crippen molar-refractivity contribution in [3.63, 3.8) is 0 Å². The molecule has 0 unspecified atom stereocenters. The molecule has 23 heteroatoms. The number of nitrogens with zero attached hydrogens (tertiary/aromatic N) is 1. The third kappa shape index (κ3) is 25.1. The number of urea groups is 1. The lowest BCUT2D eigenvalue weighted by Crippen LogP contribution is -2.54. The number of nitrogens with one attached hydrogen (secondary N) is 5. The van der Waals surface area contributed by atoms with Crippen molar-refractivity contribution in [3.05, 3.63) is 64.2 Å². The molecular formula is C41H61N7O16. The first-order valence-electron chi connectivity index (χ1n) is 20.5. The Labute approximate surface area is 371 Å². The van der Waals surface area contributed by atoms with Crippen LogP contribution in [-0.4, -0.2) is 125 Å². The number of hydrogen-bond acceptors (Lipinski definition) is 16. The second kappa shape index (κ2) is 30.0. The van der Waals surface area contributed by atoms with Crippen molar-refractivity contribution in [2.24, 2.45) is 11.7 Å². The number of primary amides is 1. The van der Waals surface area contributed by atoms with Gasteiger partial charge >= 0.3 is 18.3 Å². The van der Waals surface area contributed by atoms with Crippen LogP contribution in [-0.2, 0) is 54.2 Å². The van der Waals surface area contributed by atoms with Crippen molar-refractivity contribution in [1.29, 1.82) is 0 Å². The summed E-state index contributed by atoms with van der Waals surface area (Å²) in [5, 5.41) is 21.4. The van der Waals surface area contributed by atoms with Crippen molar-refractivity contribution in [3.8, 4) is 5.75 Å². The van der Waals surface area contributed by atoms with Crippen molar-refractivity contribution in [2.75, 3.05) is 71.3 Å². The first-order chi connectivity index (χ1) is 30.4. The smallest absolute Gasteiger partial charge is 0.442 e. The average molecular weight is 908 g/mol. The Balaban J connectivity index is 1.72. The van der Waals surface area contributed by atoms with Gasteiger partial charge in [-0.2, -0.15) is 5.48 Å². The molecule has 0 spiro atoms. The number of ether oxygens (including phenoxy) is 7. The van der Waals surface area contributed by atoms with Crippen LogP contribution in [0.2, 0.25) is 0 Å². The van der Waals surface area contributed by atoms with Gasteiger partial charge in [-0.15, -0.1) is 0 Å². The minimum Gasteiger partial charge on any atom is -0.442 e. The summed E-state index contributed by atoms with van der Waals surface area (Å²) in [5.41, 5.74) is 7.44. The molecule has 356 valence electrons. The zero-order valence-corrected chi connectivity index (χ0v) is 36.8. The Morgan fingerprint density at radius 3 is 1.89 bits per heavy atom. The Bertz CT molecular complexity index is 1760. The van der Waals surface area contributed by atoms with Crippen LogP contribution in [0.3, 0.4) is 0 Å². The van der Waals surface area contributed by atoms with Crippen LogP contribution in [0, 0.1) is 16.0 Å². The number of hydroxylamine groups is 1. The topological polar surface area (TPSA) is 306 Å². The van der Waals surface area contributed by atoms with E-state index in [4.69, 9.17) is 43.7 Å². The molecule has 6 amide bonds. The molecule has 2 rings (SSSR count). The molecule has 2 aromatic rings. The molecule has 2 atom stereocenters. The van der Waals surface area contributed by atoms with E-state index in [-0.39, 0.29) is 82.8 Å². The monoisotopic (exact) mass is 907 g/mol. The van der Waals surface area contributed by atoms with Gasteiger partial charge in [-0.05, 0) is 69.4 Å². The van der Waals surface area contributed by atoms with E-state index in [0.29, 0.717) is 37.7 Å². The van der Waals surface area contributed by atoms with Gasteiger partial charge in [0.1, 0.15) is 30.0 Å². The molecule has 0 bridgehead atoms. The summed E-state index contributed by atoms with van der Waals surface area (Å²) in [6.07, 6.45) is -1.35. The lowest BCUT2D eigenvalue weighted by atomic mass is 10.0. The summed E-state index contributed by atoms with van der Waals surface area (Å²) in [7, 11) is 0. The zero-order chi connectivity index (χ0) is 47.3. The summed E-state index contributed by atoms with van der Waals surface area (Å²) < 4.78 is 36.9. The van der Waals surface area contributed by atoms with Gasteiger partial charge in [0, 0.05) is 30.8 Å². The lowest BCUT2D eigenvalue weighted by Gasteiger charge is -2.25. The molecule has 0 aromatic heterocycles. The number of non-ortho nitro benzene ring substituents is 1. The maximum Gasteiger partial charge on any atom is 0.514 e. The third-order valence-corrected chi connectivity index (χ3v) is 8.17. The fourth-order valence-electron chi connectivity index (χ4n) is 5.08. The van der Waals surface area contributed by atoms with Crippen molar-refractivity contribution >= 4 is 47.4 Å². The van der Waals surface area contributed by atoms with Crippen LogP contribution in [0.5, 0.6) is 5.75 Å². The molecule has 0 aliphatic rings. The summed E-state index contributed by atoms with van der Waals surface area (Å²) in [6, 6.07) is 8.39. The second-order valence-corrected chi connectivity index (χ2v) is 15.0. The summed E-state index contributed by atoms with van der Waals surface area (Å²) in [4.78, 5) is 89.6. The van der Waals surface area contributed by atoms with E-state index < -0.39 is 58.6 Å². The number of rotatable bonds is 30. The van der Waals surface area contributed by atoms with E-state index in [1.807, 2.05) is 0 Å². The number of carbonyl (C=O) groups excluding carboxylic acids is 6. The van der Waals surface area contributed by atoms with Gasteiger partial charge in [0.05, 0.1) is 64.4 Å². The highest BCUT2D eigenvalue weighted by atomic mass is 16.7. The van der Waals surface area contributed by atoms with Crippen LogP contribution in [0.25, 0.3) is 0 Å². The standard InChI is InChI=1S/C41H61N7O16/c1-28(2)35(46-34(49)16-18-57-19-20-58-21-22-59-23-24-60-25-26-62-47-39(53)64-41(3,4)5)37(51)45-33(7-6-17-43-38(42)52)36(50)44-30-10-8-29(9-11-30)27-61-40(54)63-32-14-12-31(13-15-32)48(55)56/h8-15,28,33,35H,6-7,16-27H2,1-5H3,(H,44,50)(H,45,51)(H,46,49)(H,47,53)(H3,42,43,52)/t33-,35-/m0/s1. The Morgan fingerprint density at radius 1 is 0.766 bits per heavy atom. The molecule has 0 aliphatic heterocycles. The summed E-state index contributed by atoms with van der Waals surface area (Å²) in [6.45, 7) is 10.9. The fraction of sp³-hybridized carbons (Fsp3) is 0.561.